The molecular weight excluding hydrogens is 346 g/mol. The molecule has 0 spiro atoms. The van der Waals surface area contributed by atoms with E-state index in [-0.39, 0.29) is 18.3 Å². The number of hydrogen-bond donors (Lipinski definition) is 1. The monoisotopic (exact) mass is 375 g/mol. The molecule has 3 nitrogen and oxygen atoms in total. The van der Waals surface area contributed by atoms with Crippen molar-refractivity contribution in [3.8, 4) is 5.75 Å². The Morgan fingerprint density at radius 1 is 1.15 bits per heavy atom. The maximum atomic E-state index is 11.7. The molecule has 0 aliphatic rings. The number of hydrogen-bond acceptors (Lipinski definition) is 3. The van der Waals surface area contributed by atoms with Crippen LogP contribution in [0, 0.1) is 5.92 Å². The van der Waals surface area contributed by atoms with Crippen LogP contribution in [0.5, 0.6) is 5.75 Å². The van der Waals surface area contributed by atoms with Crippen LogP contribution in [0.4, 0.5) is 0 Å². The summed E-state index contributed by atoms with van der Waals surface area (Å²) in [5, 5.41) is 11.7. The molecule has 26 heavy (non-hydrogen) atoms. The van der Waals surface area contributed by atoms with E-state index in [1.54, 1.807) is 13.2 Å². The summed E-state index contributed by atoms with van der Waals surface area (Å²) in [6.45, 7) is 4.65. The number of aliphatic hydroxyl groups is 1. The Balaban J connectivity index is 0.00000338. The molecule has 0 saturated carbocycles. The molecule has 0 bridgehead atoms. The van der Waals surface area contributed by atoms with Crippen LogP contribution in [0.2, 0.25) is 0 Å². The Morgan fingerprint density at radius 3 is 2.42 bits per heavy atom. The second-order valence-electron chi connectivity index (χ2n) is 6.80. The number of benzene rings is 2. The molecular formula is C22H30ClNO2. The SMILES string of the molecule is C=CC[C@@](O)(c1cccc(OC)c1)[C@@H](Cc1ccccc1)CN(C)C.Cl. The van der Waals surface area contributed by atoms with E-state index in [1.807, 2.05) is 56.6 Å². The van der Waals surface area contributed by atoms with Crippen molar-refractivity contribution in [3.63, 3.8) is 0 Å². The van der Waals surface area contributed by atoms with Gasteiger partial charge in [0.05, 0.1) is 12.7 Å². The Labute approximate surface area is 163 Å². The highest BCUT2D eigenvalue weighted by Crippen LogP contribution is 2.37. The topological polar surface area (TPSA) is 32.7 Å². The average molecular weight is 376 g/mol. The minimum absolute atomic E-state index is 0. The molecule has 142 valence electrons. The summed E-state index contributed by atoms with van der Waals surface area (Å²) in [5.41, 5.74) is 1.09. The van der Waals surface area contributed by atoms with Crippen molar-refractivity contribution in [1.82, 2.24) is 4.90 Å². The van der Waals surface area contributed by atoms with Crippen LogP contribution in [0.15, 0.2) is 67.3 Å². The number of rotatable bonds is 9. The van der Waals surface area contributed by atoms with Gasteiger partial charge in [-0.15, -0.1) is 19.0 Å². The van der Waals surface area contributed by atoms with Gasteiger partial charge in [0, 0.05) is 12.5 Å². The fraction of sp³-hybridized carbons (Fsp3) is 0.364. The van der Waals surface area contributed by atoms with Crippen LogP contribution in [-0.2, 0) is 12.0 Å². The highest BCUT2D eigenvalue weighted by Gasteiger charge is 2.38. The summed E-state index contributed by atoms with van der Waals surface area (Å²) in [4.78, 5) is 2.13. The van der Waals surface area contributed by atoms with E-state index in [1.165, 1.54) is 5.56 Å². The zero-order chi connectivity index (χ0) is 18.3. The van der Waals surface area contributed by atoms with Crippen LogP contribution in [0.25, 0.3) is 0 Å². The van der Waals surface area contributed by atoms with Gasteiger partial charge in [-0.05, 0) is 50.2 Å². The molecule has 2 atom stereocenters. The molecule has 0 radical (unpaired) electrons. The fourth-order valence-corrected chi connectivity index (χ4v) is 3.36. The van der Waals surface area contributed by atoms with Gasteiger partial charge in [-0.2, -0.15) is 0 Å². The zero-order valence-electron chi connectivity index (χ0n) is 15.9. The van der Waals surface area contributed by atoms with Gasteiger partial charge in [0.2, 0.25) is 0 Å². The van der Waals surface area contributed by atoms with Crippen LogP contribution in [-0.4, -0.2) is 37.8 Å². The van der Waals surface area contributed by atoms with E-state index in [4.69, 9.17) is 4.74 Å². The van der Waals surface area contributed by atoms with Crippen LogP contribution in [0.1, 0.15) is 17.5 Å². The van der Waals surface area contributed by atoms with Crippen LogP contribution >= 0.6 is 12.4 Å². The smallest absolute Gasteiger partial charge is 0.119 e. The first kappa shape index (κ1) is 22.2. The molecule has 1 N–H and O–H groups in total. The molecule has 0 fully saturated rings. The Morgan fingerprint density at radius 2 is 1.85 bits per heavy atom. The highest BCUT2D eigenvalue weighted by molar-refractivity contribution is 5.85. The van der Waals surface area contributed by atoms with Crippen LogP contribution in [0.3, 0.4) is 0 Å². The normalized spacial score (nSPS) is 14.2. The van der Waals surface area contributed by atoms with Crippen molar-refractivity contribution < 1.29 is 9.84 Å². The van der Waals surface area contributed by atoms with E-state index in [0.29, 0.717) is 6.42 Å². The maximum Gasteiger partial charge on any atom is 0.119 e. The third-order valence-electron chi connectivity index (χ3n) is 4.61. The van der Waals surface area contributed by atoms with E-state index in [2.05, 4.69) is 23.6 Å². The van der Waals surface area contributed by atoms with Gasteiger partial charge < -0.3 is 14.7 Å². The summed E-state index contributed by atoms with van der Waals surface area (Å²) in [6, 6.07) is 18.1. The molecule has 0 aromatic heterocycles. The minimum Gasteiger partial charge on any atom is -0.497 e. The summed E-state index contributed by atoms with van der Waals surface area (Å²) < 4.78 is 5.36. The number of nitrogens with zero attached hydrogens (tertiary/aromatic N) is 1. The highest BCUT2D eigenvalue weighted by atomic mass is 35.5. The fourth-order valence-electron chi connectivity index (χ4n) is 3.36. The second kappa shape index (κ2) is 10.4. The van der Waals surface area contributed by atoms with Crippen LogP contribution < -0.4 is 4.74 Å². The average Bonchev–Trinajstić information content (AvgIpc) is 2.62. The van der Waals surface area contributed by atoms with Gasteiger partial charge in [0.25, 0.3) is 0 Å². The second-order valence-corrected chi connectivity index (χ2v) is 6.80. The Hall–Kier alpha value is -1.81. The molecule has 0 heterocycles. The Bertz CT molecular complexity index is 675. The lowest BCUT2D eigenvalue weighted by Crippen LogP contribution is -2.41. The lowest BCUT2D eigenvalue weighted by Gasteiger charge is -2.38. The van der Waals surface area contributed by atoms with Gasteiger partial charge in [-0.1, -0.05) is 48.5 Å². The maximum absolute atomic E-state index is 11.7. The van der Waals surface area contributed by atoms with Crippen molar-refractivity contribution in [2.75, 3.05) is 27.7 Å². The molecule has 0 amide bonds. The van der Waals surface area contributed by atoms with E-state index in [0.717, 1.165) is 24.3 Å². The summed E-state index contributed by atoms with van der Waals surface area (Å²) >= 11 is 0. The van der Waals surface area contributed by atoms with Gasteiger partial charge in [-0.3, -0.25) is 0 Å². The molecule has 0 saturated heterocycles. The molecule has 2 aromatic carbocycles. The van der Waals surface area contributed by atoms with E-state index in [9.17, 15) is 5.11 Å². The third-order valence-corrected chi connectivity index (χ3v) is 4.61. The van der Waals surface area contributed by atoms with Crippen molar-refractivity contribution in [2.24, 2.45) is 5.92 Å². The van der Waals surface area contributed by atoms with Crippen molar-refractivity contribution in [1.29, 1.82) is 0 Å². The molecule has 0 unspecified atom stereocenters. The summed E-state index contributed by atoms with van der Waals surface area (Å²) in [5.74, 6) is 0.776. The summed E-state index contributed by atoms with van der Waals surface area (Å²) in [7, 11) is 5.72. The zero-order valence-corrected chi connectivity index (χ0v) is 16.7. The van der Waals surface area contributed by atoms with E-state index >= 15 is 0 Å². The molecule has 0 aliphatic heterocycles. The predicted molar refractivity (Wildman–Crippen MR) is 111 cm³/mol. The van der Waals surface area contributed by atoms with Crippen molar-refractivity contribution in [3.05, 3.63) is 78.4 Å². The standard InChI is InChI=1S/C22H29NO2.ClH/c1-5-14-22(24,19-12-9-13-21(16-19)25-4)20(17-23(2)3)15-18-10-7-6-8-11-18;/h5-13,16,20,24H,1,14-15,17H2,2-4H3;1H/t20-,22+;/m0./s1. The molecule has 4 heteroatoms. The first-order valence-corrected chi connectivity index (χ1v) is 8.66. The van der Waals surface area contributed by atoms with Gasteiger partial charge in [-0.25, -0.2) is 0 Å². The summed E-state index contributed by atoms with van der Waals surface area (Å²) in [6.07, 6.45) is 3.08. The Kier molecular flexibility index (Phi) is 8.86. The van der Waals surface area contributed by atoms with Gasteiger partial charge >= 0.3 is 0 Å². The first-order valence-electron chi connectivity index (χ1n) is 8.66. The minimum atomic E-state index is -1.00. The molecule has 2 rings (SSSR count). The molecule has 0 aliphatic carbocycles. The third kappa shape index (κ3) is 5.60. The van der Waals surface area contributed by atoms with Crippen molar-refractivity contribution >= 4 is 12.4 Å². The lowest BCUT2D eigenvalue weighted by atomic mass is 9.75. The predicted octanol–water partition coefficient (Wildman–Crippen LogP) is 4.30. The van der Waals surface area contributed by atoms with E-state index < -0.39 is 5.60 Å². The number of methoxy groups -OCH3 is 1. The molecule has 2 aromatic rings. The van der Waals surface area contributed by atoms with Gasteiger partial charge in [0.1, 0.15) is 5.75 Å². The number of ether oxygens (including phenoxy) is 1. The van der Waals surface area contributed by atoms with Crippen molar-refractivity contribution in [2.45, 2.75) is 18.4 Å². The first-order chi connectivity index (χ1) is 12.0. The number of halogens is 1. The lowest BCUT2D eigenvalue weighted by molar-refractivity contribution is -0.0307. The van der Waals surface area contributed by atoms with Gasteiger partial charge in [0.15, 0.2) is 0 Å². The largest absolute Gasteiger partial charge is 0.497 e. The quantitative estimate of drug-likeness (QED) is 0.663.